The molecule has 0 unspecified atom stereocenters. The SMILES string of the molecule is COc1cccc(COc2ccccc2/C=N/NC(=O)CNS(=O)(=O)c2ccc(Cl)cc2)c1. The number of carbonyl (C=O) groups excluding carboxylic acids is 1. The van der Waals surface area contributed by atoms with Crippen LogP contribution in [0.4, 0.5) is 0 Å². The standard InChI is InChI=1S/C23H22ClN3O5S/c1-31-20-7-4-5-17(13-20)16-32-22-8-3-2-6-18(22)14-25-27-23(28)15-26-33(29,30)21-11-9-19(24)10-12-21/h2-14,26H,15-16H2,1H3,(H,27,28)/b25-14+. The fraction of sp³-hybridized carbons (Fsp3) is 0.130. The molecule has 0 saturated carbocycles. The molecular weight excluding hydrogens is 466 g/mol. The van der Waals surface area contributed by atoms with E-state index in [-0.39, 0.29) is 4.90 Å². The number of para-hydroxylation sites is 1. The van der Waals surface area contributed by atoms with E-state index in [0.29, 0.717) is 22.9 Å². The van der Waals surface area contributed by atoms with Crippen molar-refractivity contribution in [1.29, 1.82) is 0 Å². The maximum absolute atomic E-state index is 12.2. The average molecular weight is 488 g/mol. The molecule has 33 heavy (non-hydrogen) atoms. The van der Waals surface area contributed by atoms with Gasteiger partial charge in [-0.1, -0.05) is 35.9 Å². The first-order valence-electron chi connectivity index (χ1n) is 9.79. The van der Waals surface area contributed by atoms with E-state index in [4.69, 9.17) is 21.1 Å². The number of hydrazone groups is 1. The van der Waals surface area contributed by atoms with E-state index in [9.17, 15) is 13.2 Å². The molecule has 0 aliphatic carbocycles. The molecule has 8 nitrogen and oxygen atoms in total. The summed E-state index contributed by atoms with van der Waals surface area (Å²) >= 11 is 5.76. The molecule has 0 aliphatic rings. The van der Waals surface area contributed by atoms with Gasteiger partial charge in [-0.3, -0.25) is 4.79 Å². The van der Waals surface area contributed by atoms with E-state index >= 15 is 0 Å². The summed E-state index contributed by atoms with van der Waals surface area (Å²) in [6.07, 6.45) is 1.42. The maximum Gasteiger partial charge on any atom is 0.255 e. The van der Waals surface area contributed by atoms with Gasteiger partial charge in [-0.2, -0.15) is 5.10 Å². The van der Waals surface area contributed by atoms with Gasteiger partial charge in [-0.25, -0.2) is 18.6 Å². The second kappa shape index (κ2) is 11.5. The number of nitrogens with zero attached hydrogens (tertiary/aromatic N) is 1. The Bertz CT molecular complexity index is 1230. The summed E-state index contributed by atoms with van der Waals surface area (Å²) in [5, 5.41) is 4.30. The molecule has 0 bridgehead atoms. The molecule has 2 N–H and O–H groups in total. The molecule has 3 aromatic carbocycles. The highest BCUT2D eigenvalue weighted by Gasteiger charge is 2.15. The van der Waals surface area contributed by atoms with Gasteiger partial charge >= 0.3 is 0 Å². The van der Waals surface area contributed by atoms with Gasteiger partial charge in [0.15, 0.2) is 0 Å². The zero-order valence-electron chi connectivity index (χ0n) is 17.7. The first kappa shape index (κ1) is 24.2. The van der Waals surface area contributed by atoms with Crippen LogP contribution in [0.2, 0.25) is 5.02 Å². The van der Waals surface area contributed by atoms with Gasteiger partial charge < -0.3 is 9.47 Å². The minimum Gasteiger partial charge on any atom is -0.497 e. The van der Waals surface area contributed by atoms with E-state index in [0.717, 1.165) is 11.3 Å². The normalized spacial score (nSPS) is 11.3. The Morgan fingerprint density at radius 1 is 1.06 bits per heavy atom. The molecule has 0 aromatic heterocycles. The quantitative estimate of drug-likeness (QED) is 0.337. The third-order valence-electron chi connectivity index (χ3n) is 4.39. The Labute approximate surface area is 197 Å². The molecule has 3 aromatic rings. The van der Waals surface area contributed by atoms with Crippen LogP contribution in [0.25, 0.3) is 0 Å². The van der Waals surface area contributed by atoms with Crippen LogP contribution in [0, 0.1) is 0 Å². The Morgan fingerprint density at radius 3 is 2.58 bits per heavy atom. The van der Waals surface area contributed by atoms with Gasteiger partial charge in [0.1, 0.15) is 18.1 Å². The van der Waals surface area contributed by atoms with E-state index < -0.39 is 22.5 Å². The highest BCUT2D eigenvalue weighted by atomic mass is 35.5. The number of hydrogen-bond donors (Lipinski definition) is 2. The first-order valence-corrected chi connectivity index (χ1v) is 11.7. The summed E-state index contributed by atoms with van der Waals surface area (Å²) < 4.78 is 37.7. The number of methoxy groups -OCH3 is 1. The second-order valence-electron chi connectivity index (χ2n) is 6.75. The lowest BCUT2D eigenvalue weighted by Gasteiger charge is -2.10. The van der Waals surface area contributed by atoms with Crippen molar-refractivity contribution < 1.29 is 22.7 Å². The van der Waals surface area contributed by atoms with Crippen LogP contribution in [0.3, 0.4) is 0 Å². The molecule has 0 atom stereocenters. The Balaban J connectivity index is 1.54. The molecule has 0 radical (unpaired) electrons. The van der Waals surface area contributed by atoms with Crippen LogP contribution in [-0.2, 0) is 21.4 Å². The number of benzene rings is 3. The Kier molecular flexibility index (Phi) is 8.42. The fourth-order valence-electron chi connectivity index (χ4n) is 2.71. The second-order valence-corrected chi connectivity index (χ2v) is 8.95. The van der Waals surface area contributed by atoms with Crippen LogP contribution >= 0.6 is 11.6 Å². The summed E-state index contributed by atoms with van der Waals surface area (Å²) in [5.41, 5.74) is 3.86. The molecule has 0 spiro atoms. The molecule has 172 valence electrons. The molecule has 0 aliphatic heterocycles. The van der Waals surface area contributed by atoms with Crippen LogP contribution in [0.5, 0.6) is 11.5 Å². The number of hydrogen-bond acceptors (Lipinski definition) is 6. The fourth-order valence-corrected chi connectivity index (χ4v) is 3.82. The molecule has 10 heteroatoms. The summed E-state index contributed by atoms with van der Waals surface area (Å²) in [6, 6.07) is 20.3. The van der Waals surface area contributed by atoms with Crippen molar-refractivity contribution in [2.75, 3.05) is 13.7 Å². The lowest BCUT2D eigenvalue weighted by Crippen LogP contribution is -2.34. The van der Waals surface area contributed by atoms with E-state index in [1.807, 2.05) is 36.4 Å². The number of nitrogens with one attached hydrogen (secondary N) is 2. The van der Waals surface area contributed by atoms with Gasteiger partial charge in [-0.15, -0.1) is 0 Å². The number of halogens is 1. The monoisotopic (exact) mass is 487 g/mol. The smallest absolute Gasteiger partial charge is 0.255 e. The van der Waals surface area contributed by atoms with Gasteiger partial charge in [-0.05, 0) is 54.1 Å². The molecule has 0 saturated heterocycles. The molecule has 0 heterocycles. The lowest BCUT2D eigenvalue weighted by molar-refractivity contribution is -0.119. The van der Waals surface area contributed by atoms with Crippen molar-refractivity contribution in [2.24, 2.45) is 5.10 Å². The minimum atomic E-state index is -3.85. The summed E-state index contributed by atoms with van der Waals surface area (Å²) in [5.74, 6) is 0.681. The highest BCUT2D eigenvalue weighted by molar-refractivity contribution is 7.89. The van der Waals surface area contributed by atoms with Crippen molar-refractivity contribution in [3.05, 3.63) is 88.9 Å². The number of sulfonamides is 1. The average Bonchev–Trinajstić information content (AvgIpc) is 2.82. The number of carbonyl (C=O) groups is 1. The zero-order chi connectivity index (χ0) is 23.7. The van der Waals surface area contributed by atoms with Gasteiger partial charge in [0, 0.05) is 10.6 Å². The van der Waals surface area contributed by atoms with Crippen molar-refractivity contribution in [2.45, 2.75) is 11.5 Å². The number of ether oxygens (including phenoxy) is 2. The molecular formula is C23H22ClN3O5S. The van der Waals surface area contributed by atoms with Gasteiger partial charge in [0.05, 0.1) is 24.8 Å². The Morgan fingerprint density at radius 2 is 1.82 bits per heavy atom. The van der Waals surface area contributed by atoms with E-state index in [1.54, 1.807) is 19.2 Å². The van der Waals surface area contributed by atoms with Gasteiger partial charge in [0.25, 0.3) is 5.91 Å². The van der Waals surface area contributed by atoms with Crippen LogP contribution < -0.4 is 19.6 Å². The van der Waals surface area contributed by atoms with Crippen molar-refractivity contribution >= 4 is 33.7 Å². The third-order valence-corrected chi connectivity index (χ3v) is 6.06. The topological polar surface area (TPSA) is 106 Å². The largest absolute Gasteiger partial charge is 0.497 e. The van der Waals surface area contributed by atoms with Gasteiger partial charge in [0.2, 0.25) is 10.0 Å². The van der Waals surface area contributed by atoms with Crippen LogP contribution in [-0.4, -0.2) is 34.2 Å². The highest BCUT2D eigenvalue weighted by Crippen LogP contribution is 2.19. The third kappa shape index (κ3) is 7.31. The first-order chi connectivity index (χ1) is 15.9. The van der Waals surface area contributed by atoms with Crippen molar-refractivity contribution in [3.8, 4) is 11.5 Å². The number of amides is 1. The van der Waals surface area contributed by atoms with Crippen LogP contribution in [0.1, 0.15) is 11.1 Å². The minimum absolute atomic E-state index is 0.00492. The van der Waals surface area contributed by atoms with Crippen LogP contribution in [0.15, 0.2) is 82.8 Å². The summed E-state index contributed by atoms with van der Waals surface area (Å²) in [6.45, 7) is -0.156. The van der Waals surface area contributed by atoms with Crippen molar-refractivity contribution in [1.82, 2.24) is 10.1 Å². The molecule has 3 rings (SSSR count). The Hall–Kier alpha value is -3.40. The lowest BCUT2D eigenvalue weighted by atomic mass is 10.2. The predicted molar refractivity (Wildman–Crippen MR) is 126 cm³/mol. The van der Waals surface area contributed by atoms with E-state index in [1.165, 1.54) is 30.5 Å². The molecule has 1 amide bonds. The molecule has 0 fully saturated rings. The summed E-state index contributed by atoms with van der Waals surface area (Å²) in [4.78, 5) is 12.0. The zero-order valence-corrected chi connectivity index (χ0v) is 19.3. The van der Waals surface area contributed by atoms with Crippen molar-refractivity contribution in [3.63, 3.8) is 0 Å². The maximum atomic E-state index is 12.2. The summed E-state index contributed by atoms with van der Waals surface area (Å²) in [7, 11) is -2.25. The van der Waals surface area contributed by atoms with E-state index in [2.05, 4.69) is 15.2 Å². The predicted octanol–water partition coefficient (Wildman–Crippen LogP) is 3.36. The number of rotatable bonds is 10.